The van der Waals surface area contributed by atoms with Gasteiger partial charge in [0.05, 0.1) is 21.4 Å². The lowest BCUT2D eigenvalue weighted by Crippen LogP contribution is -2.10. The van der Waals surface area contributed by atoms with E-state index >= 15 is 0 Å². The quantitative estimate of drug-likeness (QED) is 0.171. The monoisotopic (exact) mass is 668 g/mol. The summed E-state index contributed by atoms with van der Waals surface area (Å²) in [6, 6.07) is 70.3. The summed E-state index contributed by atoms with van der Waals surface area (Å²) in [5.41, 5.74) is 11.9. The van der Waals surface area contributed by atoms with Crippen LogP contribution in [0, 0.1) is 0 Å². The van der Waals surface area contributed by atoms with E-state index in [2.05, 4.69) is 204 Å². The van der Waals surface area contributed by atoms with Crippen molar-refractivity contribution < 1.29 is 0 Å². The standard InChI is InChI=1S/C48H32N2S/c1-3-12-33(13-4-1)34-22-27-38(28-23-34)49(46-20-11-18-42-41-17-8-10-21-47(41)51-48(42)46)39-29-24-35(25-30-39)36-26-31-45-43(32-36)40-16-7-9-19-44(40)50(45)37-14-5-2-6-15-37/h1-32H. The largest absolute Gasteiger partial charge is 0.309 e. The van der Waals surface area contributed by atoms with Crippen LogP contribution >= 0.6 is 11.3 Å². The second-order valence-electron chi connectivity index (χ2n) is 13.0. The van der Waals surface area contributed by atoms with Crippen molar-refractivity contribution in [3.05, 3.63) is 194 Å². The van der Waals surface area contributed by atoms with Gasteiger partial charge >= 0.3 is 0 Å². The molecule has 0 N–H and O–H groups in total. The van der Waals surface area contributed by atoms with E-state index in [-0.39, 0.29) is 0 Å². The number of para-hydroxylation sites is 2. The Morgan fingerprint density at radius 2 is 0.922 bits per heavy atom. The zero-order valence-electron chi connectivity index (χ0n) is 27.8. The summed E-state index contributed by atoms with van der Waals surface area (Å²) in [5.74, 6) is 0. The van der Waals surface area contributed by atoms with Crippen LogP contribution in [0.15, 0.2) is 194 Å². The fourth-order valence-electron chi connectivity index (χ4n) is 7.58. The summed E-state index contributed by atoms with van der Waals surface area (Å²) in [6.45, 7) is 0. The molecule has 0 aliphatic rings. The zero-order chi connectivity index (χ0) is 33.7. The van der Waals surface area contributed by atoms with E-state index in [1.165, 1.54) is 75.6 Å². The molecule has 0 saturated heterocycles. The van der Waals surface area contributed by atoms with Crippen molar-refractivity contribution in [2.24, 2.45) is 0 Å². The number of fused-ring (bicyclic) bond motifs is 6. The average molecular weight is 669 g/mol. The van der Waals surface area contributed by atoms with Gasteiger partial charge in [0.1, 0.15) is 0 Å². The number of thiophene rings is 1. The third-order valence-corrected chi connectivity index (χ3v) is 11.2. The summed E-state index contributed by atoms with van der Waals surface area (Å²) in [5, 5.41) is 5.11. The van der Waals surface area contributed by atoms with Gasteiger partial charge in [-0.1, -0.05) is 127 Å². The topological polar surface area (TPSA) is 8.17 Å². The summed E-state index contributed by atoms with van der Waals surface area (Å²) in [6.07, 6.45) is 0. The lowest BCUT2D eigenvalue weighted by atomic mass is 10.0. The van der Waals surface area contributed by atoms with E-state index in [0.717, 1.165) is 11.4 Å². The van der Waals surface area contributed by atoms with Gasteiger partial charge in [-0.15, -0.1) is 11.3 Å². The molecule has 0 saturated carbocycles. The Hall–Kier alpha value is -6.42. The van der Waals surface area contributed by atoms with E-state index in [1.54, 1.807) is 0 Å². The molecular formula is C48H32N2S. The van der Waals surface area contributed by atoms with E-state index < -0.39 is 0 Å². The van der Waals surface area contributed by atoms with E-state index in [1.807, 2.05) is 11.3 Å². The molecule has 2 nitrogen and oxygen atoms in total. The maximum atomic E-state index is 2.41. The predicted molar refractivity (Wildman–Crippen MR) is 219 cm³/mol. The molecule has 8 aromatic carbocycles. The number of aromatic nitrogens is 1. The minimum Gasteiger partial charge on any atom is -0.309 e. The number of rotatable bonds is 6. The fourth-order valence-corrected chi connectivity index (χ4v) is 8.79. The molecule has 3 heteroatoms. The first-order chi connectivity index (χ1) is 25.3. The van der Waals surface area contributed by atoms with Crippen molar-refractivity contribution in [1.82, 2.24) is 4.57 Å². The highest BCUT2D eigenvalue weighted by Crippen LogP contribution is 2.45. The van der Waals surface area contributed by atoms with Gasteiger partial charge in [-0.25, -0.2) is 0 Å². The molecule has 10 rings (SSSR count). The number of nitrogens with zero attached hydrogens (tertiary/aromatic N) is 2. The molecule has 0 bridgehead atoms. The van der Waals surface area contributed by atoms with Crippen LogP contribution in [0.1, 0.15) is 0 Å². The second kappa shape index (κ2) is 12.2. The highest BCUT2D eigenvalue weighted by atomic mass is 32.1. The van der Waals surface area contributed by atoms with Crippen molar-refractivity contribution in [3.8, 4) is 27.9 Å². The Labute approximate surface area is 300 Å². The van der Waals surface area contributed by atoms with Gasteiger partial charge in [0.15, 0.2) is 0 Å². The number of hydrogen-bond acceptors (Lipinski definition) is 2. The molecular weight excluding hydrogens is 637 g/mol. The van der Waals surface area contributed by atoms with Gasteiger partial charge < -0.3 is 9.47 Å². The van der Waals surface area contributed by atoms with Crippen molar-refractivity contribution >= 4 is 70.4 Å². The van der Waals surface area contributed by atoms with Gasteiger partial charge in [-0.3, -0.25) is 0 Å². The Morgan fingerprint density at radius 1 is 0.373 bits per heavy atom. The van der Waals surface area contributed by atoms with Crippen LogP contribution in [0.3, 0.4) is 0 Å². The third kappa shape index (κ3) is 5.01. The van der Waals surface area contributed by atoms with Crippen LogP contribution in [0.4, 0.5) is 17.1 Å². The Morgan fingerprint density at radius 3 is 1.67 bits per heavy atom. The van der Waals surface area contributed by atoms with Gasteiger partial charge in [0, 0.05) is 43.3 Å². The molecule has 0 radical (unpaired) electrons. The molecule has 0 fully saturated rings. The van der Waals surface area contributed by atoms with Crippen LogP contribution in [0.5, 0.6) is 0 Å². The van der Waals surface area contributed by atoms with Gasteiger partial charge in [0.2, 0.25) is 0 Å². The first kappa shape index (κ1) is 29.5. The maximum Gasteiger partial charge on any atom is 0.0640 e. The van der Waals surface area contributed by atoms with Crippen molar-refractivity contribution in [1.29, 1.82) is 0 Å². The highest BCUT2D eigenvalue weighted by Gasteiger charge is 2.19. The van der Waals surface area contributed by atoms with E-state index in [0.29, 0.717) is 0 Å². The number of benzene rings is 8. The smallest absolute Gasteiger partial charge is 0.0640 e. The summed E-state index contributed by atoms with van der Waals surface area (Å²) >= 11 is 1.86. The second-order valence-corrected chi connectivity index (χ2v) is 14.0. The molecule has 0 atom stereocenters. The molecule has 0 aliphatic carbocycles. The Bertz CT molecular complexity index is 2830. The fraction of sp³-hybridized carbons (Fsp3) is 0. The van der Waals surface area contributed by atoms with E-state index in [9.17, 15) is 0 Å². The number of hydrogen-bond donors (Lipinski definition) is 0. The third-order valence-electron chi connectivity index (χ3n) is 10.0. The molecule has 2 heterocycles. The molecule has 10 aromatic rings. The van der Waals surface area contributed by atoms with E-state index in [4.69, 9.17) is 0 Å². The normalized spacial score (nSPS) is 11.5. The molecule has 0 aliphatic heterocycles. The summed E-state index contributed by atoms with van der Waals surface area (Å²) in [7, 11) is 0. The molecule has 51 heavy (non-hydrogen) atoms. The van der Waals surface area contributed by atoms with Crippen LogP contribution in [-0.2, 0) is 0 Å². The minimum absolute atomic E-state index is 1.12. The van der Waals surface area contributed by atoms with Crippen LogP contribution in [0.2, 0.25) is 0 Å². The predicted octanol–water partition coefficient (Wildman–Crippen LogP) is 14.0. The summed E-state index contributed by atoms with van der Waals surface area (Å²) < 4.78 is 4.96. The first-order valence-electron chi connectivity index (χ1n) is 17.4. The number of anilines is 3. The van der Waals surface area contributed by atoms with Crippen LogP contribution < -0.4 is 4.90 Å². The minimum atomic E-state index is 1.12. The van der Waals surface area contributed by atoms with Gasteiger partial charge in [-0.2, -0.15) is 0 Å². The van der Waals surface area contributed by atoms with Gasteiger partial charge in [0.25, 0.3) is 0 Å². The molecule has 240 valence electrons. The molecule has 0 spiro atoms. The first-order valence-corrected chi connectivity index (χ1v) is 18.2. The zero-order valence-corrected chi connectivity index (χ0v) is 28.6. The van der Waals surface area contributed by atoms with Crippen molar-refractivity contribution in [2.45, 2.75) is 0 Å². The van der Waals surface area contributed by atoms with Gasteiger partial charge in [-0.05, 0) is 89.0 Å². The maximum absolute atomic E-state index is 2.41. The summed E-state index contributed by atoms with van der Waals surface area (Å²) in [4.78, 5) is 2.41. The lowest BCUT2D eigenvalue weighted by Gasteiger charge is -2.26. The lowest BCUT2D eigenvalue weighted by molar-refractivity contribution is 1.18. The average Bonchev–Trinajstić information content (AvgIpc) is 3.75. The van der Waals surface area contributed by atoms with Crippen molar-refractivity contribution in [3.63, 3.8) is 0 Å². The Balaban J connectivity index is 1.09. The molecule has 0 unspecified atom stereocenters. The van der Waals surface area contributed by atoms with Crippen molar-refractivity contribution in [2.75, 3.05) is 4.90 Å². The van der Waals surface area contributed by atoms with Crippen LogP contribution in [0.25, 0.3) is 69.9 Å². The Kier molecular flexibility index (Phi) is 7.04. The highest BCUT2D eigenvalue weighted by molar-refractivity contribution is 7.26. The SMILES string of the molecule is c1ccc(-c2ccc(N(c3ccc(-c4ccc5c(c4)c4ccccc4n5-c4ccccc4)cc3)c3cccc4c3sc3ccccc34)cc2)cc1. The van der Waals surface area contributed by atoms with Crippen LogP contribution in [-0.4, -0.2) is 4.57 Å². The molecule has 0 amide bonds. The molecule has 2 aromatic heterocycles.